The first kappa shape index (κ1) is 39.8. The lowest BCUT2D eigenvalue weighted by atomic mass is 10.1. The molecule has 3 saturated heterocycles. The van der Waals surface area contributed by atoms with E-state index < -0.39 is 0 Å². The Labute approximate surface area is 358 Å². The van der Waals surface area contributed by atoms with Crippen LogP contribution in [0.1, 0.15) is 59.2 Å². The third-order valence-electron chi connectivity index (χ3n) is 11.7. The molecule has 0 unspecified atom stereocenters. The van der Waals surface area contributed by atoms with Crippen molar-refractivity contribution in [2.24, 2.45) is 0 Å². The molecule has 2 amide bonds. The van der Waals surface area contributed by atoms with Gasteiger partial charge in [-0.05, 0) is 55.0 Å². The number of amides is 2. The molecule has 2 aliphatic carbocycles. The van der Waals surface area contributed by atoms with E-state index in [1.807, 2.05) is 12.1 Å². The number of morpholine rings is 2. The summed E-state index contributed by atoms with van der Waals surface area (Å²) in [6, 6.07) is 21.9. The molecule has 62 heavy (non-hydrogen) atoms. The van der Waals surface area contributed by atoms with Crippen LogP contribution in [0.25, 0.3) is 39.9 Å². The molecule has 11 rings (SSSR count). The van der Waals surface area contributed by atoms with Gasteiger partial charge in [-0.25, -0.2) is 9.97 Å². The highest BCUT2D eigenvalue weighted by Gasteiger charge is 2.27. The van der Waals surface area contributed by atoms with E-state index in [0.29, 0.717) is 40.1 Å². The van der Waals surface area contributed by atoms with Crippen LogP contribution in [0.15, 0.2) is 78.6 Å². The standard InChI is InChI=1S/C25H26N6O3.C21H23N5O2/c32-23-12-18(25(33)29-23)11-19-14-26-31-22(27-20-4-5-20)13-21(28-24(19)31)17-3-1-2-16(10-17)15-30-6-8-34-9-7-30;27-14-17-12-22-26-20(23-18-4-5-18)11-19(24-21(17)26)16-3-1-2-15(10-16)13-25-6-8-28-9-7-25/h1-3,10-11,13-14,20,27H,4-9,12,15H2,(H,29,32,33);1-3,10-12,14,18,23H,4-9,13H2/b18-11+;. The fourth-order valence-electron chi connectivity index (χ4n) is 8.02. The summed E-state index contributed by atoms with van der Waals surface area (Å²) in [7, 11) is 0. The quantitative estimate of drug-likeness (QED) is 0.0869. The van der Waals surface area contributed by atoms with Crippen LogP contribution in [0.5, 0.6) is 0 Å². The van der Waals surface area contributed by atoms with E-state index >= 15 is 0 Å². The molecule has 16 nitrogen and oxygen atoms in total. The van der Waals surface area contributed by atoms with Gasteiger partial charge in [0.2, 0.25) is 5.91 Å². The van der Waals surface area contributed by atoms with Crippen molar-refractivity contribution >= 4 is 47.1 Å². The Kier molecular flexibility index (Phi) is 11.3. The van der Waals surface area contributed by atoms with Crippen LogP contribution in [0.3, 0.4) is 0 Å². The number of fused-ring (bicyclic) bond motifs is 2. The van der Waals surface area contributed by atoms with E-state index in [-0.39, 0.29) is 18.2 Å². The Hall–Kier alpha value is -6.33. The summed E-state index contributed by atoms with van der Waals surface area (Å²) < 4.78 is 14.4. The number of nitrogens with zero attached hydrogens (tertiary/aromatic N) is 8. The molecule has 16 heteroatoms. The Morgan fingerprint density at radius 2 is 1.18 bits per heavy atom. The first-order valence-electron chi connectivity index (χ1n) is 21.5. The fourth-order valence-corrected chi connectivity index (χ4v) is 8.02. The zero-order valence-electron chi connectivity index (χ0n) is 34.5. The molecule has 5 aliphatic rings. The van der Waals surface area contributed by atoms with E-state index in [9.17, 15) is 14.4 Å². The number of benzene rings is 2. The number of imide groups is 1. The number of aromatic nitrogens is 6. The van der Waals surface area contributed by atoms with Crippen molar-refractivity contribution < 1.29 is 23.9 Å². The van der Waals surface area contributed by atoms with Crippen molar-refractivity contribution in [3.05, 3.63) is 101 Å². The van der Waals surface area contributed by atoms with E-state index in [4.69, 9.17) is 19.4 Å². The molecule has 0 bridgehead atoms. The van der Waals surface area contributed by atoms with Gasteiger partial charge >= 0.3 is 0 Å². The van der Waals surface area contributed by atoms with Crippen molar-refractivity contribution in [1.82, 2.24) is 44.3 Å². The first-order chi connectivity index (χ1) is 30.4. The minimum Gasteiger partial charge on any atom is -0.379 e. The van der Waals surface area contributed by atoms with Gasteiger partial charge in [0.1, 0.15) is 11.6 Å². The Bertz CT molecular complexity index is 2670. The second-order valence-electron chi connectivity index (χ2n) is 16.6. The van der Waals surface area contributed by atoms with Crippen LogP contribution < -0.4 is 16.0 Å². The van der Waals surface area contributed by atoms with E-state index in [2.05, 4.69) is 84.5 Å². The number of carbonyl (C=O) groups excluding carboxylic acids is 3. The number of nitrogens with one attached hydrogen (secondary N) is 3. The van der Waals surface area contributed by atoms with Crippen LogP contribution in [-0.2, 0) is 32.2 Å². The summed E-state index contributed by atoms with van der Waals surface area (Å²) in [4.78, 5) is 49.6. The van der Waals surface area contributed by atoms with Crippen LogP contribution in [0, 0.1) is 0 Å². The highest BCUT2D eigenvalue weighted by atomic mass is 16.5. The predicted molar refractivity (Wildman–Crippen MR) is 233 cm³/mol. The Morgan fingerprint density at radius 1 is 0.677 bits per heavy atom. The fraction of sp³-hybridized carbons (Fsp3) is 0.370. The zero-order valence-corrected chi connectivity index (χ0v) is 34.5. The summed E-state index contributed by atoms with van der Waals surface area (Å²) >= 11 is 0. The number of ether oxygens (including phenoxy) is 2. The van der Waals surface area contributed by atoms with Crippen LogP contribution >= 0.6 is 0 Å². The average molecular weight is 836 g/mol. The van der Waals surface area contributed by atoms with Crippen molar-refractivity contribution in [1.29, 1.82) is 0 Å². The third-order valence-corrected chi connectivity index (χ3v) is 11.7. The monoisotopic (exact) mass is 835 g/mol. The summed E-state index contributed by atoms with van der Waals surface area (Å²) in [5.41, 5.74) is 9.14. The van der Waals surface area contributed by atoms with Gasteiger partial charge in [-0.2, -0.15) is 19.2 Å². The number of anilines is 2. The minimum atomic E-state index is -0.354. The van der Waals surface area contributed by atoms with Crippen LogP contribution in [0.4, 0.5) is 11.6 Å². The van der Waals surface area contributed by atoms with Gasteiger partial charge in [0.25, 0.3) is 5.91 Å². The van der Waals surface area contributed by atoms with Gasteiger partial charge in [-0.3, -0.25) is 29.5 Å². The van der Waals surface area contributed by atoms with Crippen molar-refractivity contribution in [3.63, 3.8) is 0 Å². The Morgan fingerprint density at radius 3 is 1.65 bits per heavy atom. The molecule has 3 aliphatic heterocycles. The minimum absolute atomic E-state index is 0.0760. The van der Waals surface area contributed by atoms with Crippen molar-refractivity contribution in [2.45, 2.75) is 57.3 Å². The SMILES string of the molecule is O=C1C/C(=C\c2cnn3c(NC4CC4)cc(-c4cccc(CN5CCOCC5)c4)nc23)C(=O)N1.O=Cc1cnn2c(NC3CC3)cc(-c3cccc(CN4CCOCC4)c3)nc12. The lowest BCUT2D eigenvalue weighted by Gasteiger charge is -2.26. The van der Waals surface area contributed by atoms with Crippen LogP contribution in [0.2, 0.25) is 0 Å². The maximum Gasteiger partial charge on any atom is 0.254 e. The molecule has 4 aromatic heterocycles. The van der Waals surface area contributed by atoms with Gasteiger partial charge < -0.3 is 20.1 Å². The number of aldehydes is 1. The second kappa shape index (κ2) is 17.6. The summed E-state index contributed by atoms with van der Waals surface area (Å²) in [5, 5.41) is 18.3. The summed E-state index contributed by atoms with van der Waals surface area (Å²) in [5.74, 6) is 1.12. The Balaban J connectivity index is 0.000000151. The molecule has 5 fully saturated rings. The summed E-state index contributed by atoms with van der Waals surface area (Å²) in [6.45, 7) is 8.72. The van der Waals surface area contributed by atoms with Gasteiger partial charge in [0.15, 0.2) is 17.6 Å². The number of carbonyl (C=O) groups is 3. The molecule has 2 saturated carbocycles. The zero-order chi connectivity index (χ0) is 42.0. The predicted octanol–water partition coefficient (Wildman–Crippen LogP) is 4.85. The largest absolute Gasteiger partial charge is 0.379 e. The molecule has 3 N–H and O–H groups in total. The molecule has 318 valence electrons. The molecule has 7 heterocycles. The highest BCUT2D eigenvalue weighted by molar-refractivity contribution is 6.15. The van der Waals surface area contributed by atoms with E-state index in [1.54, 1.807) is 27.5 Å². The normalized spacial score (nSPS) is 19.1. The lowest BCUT2D eigenvalue weighted by molar-refractivity contribution is -0.124. The smallest absolute Gasteiger partial charge is 0.254 e. The number of hydrogen-bond donors (Lipinski definition) is 3. The maximum atomic E-state index is 12.1. The first-order valence-corrected chi connectivity index (χ1v) is 21.5. The molecule has 0 atom stereocenters. The molecule has 0 radical (unpaired) electrons. The summed E-state index contributed by atoms with van der Waals surface area (Å²) in [6.07, 6.45) is 10.5. The van der Waals surface area contributed by atoms with Gasteiger partial charge in [0.05, 0.1) is 62.2 Å². The van der Waals surface area contributed by atoms with Crippen molar-refractivity contribution in [2.75, 3.05) is 63.2 Å². The molecular weight excluding hydrogens is 787 g/mol. The van der Waals surface area contributed by atoms with Gasteiger partial charge in [0, 0.05) is 85.7 Å². The highest BCUT2D eigenvalue weighted by Crippen LogP contribution is 2.31. The van der Waals surface area contributed by atoms with Gasteiger partial charge in [-0.1, -0.05) is 36.4 Å². The molecule has 2 aromatic carbocycles. The average Bonchev–Trinajstić information content (AvgIpc) is 4.19. The second-order valence-corrected chi connectivity index (χ2v) is 16.6. The topological polar surface area (TPSA) is 173 Å². The van der Waals surface area contributed by atoms with E-state index in [1.165, 1.54) is 11.1 Å². The van der Waals surface area contributed by atoms with E-state index in [0.717, 1.165) is 132 Å². The maximum absolute atomic E-state index is 12.1. The number of rotatable bonds is 12. The van der Waals surface area contributed by atoms with Gasteiger partial charge in [-0.15, -0.1) is 0 Å². The third kappa shape index (κ3) is 9.13. The number of hydrogen-bond acceptors (Lipinski definition) is 13. The molecule has 6 aromatic rings. The van der Waals surface area contributed by atoms with Crippen LogP contribution in [-0.4, -0.2) is 122 Å². The molecular formula is C46H49N11O5. The lowest BCUT2D eigenvalue weighted by Crippen LogP contribution is -2.35. The molecule has 0 spiro atoms. The van der Waals surface area contributed by atoms with Crippen molar-refractivity contribution in [3.8, 4) is 22.5 Å².